The molecule has 3 aromatic rings. The van der Waals surface area contributed by atoms with Crippen molar-refractivity contribution in [1.82, 2.24) is 20.2 Å². The lowest BCUT2D eigenvalue weighted by molar-refractivity contribution is 0.423. The predicted octanol–water partition coefficient (Wildman–Crippen LogP) is 3.89. The topological polar surface area (TPSA) is 55.6 Å². The molecule has 1 aliphatic rings. The van der Waals surface area contributed by atoms with Gasteiger partial charge in [0.25, 0.3) is 0 Å². The zero-order valence-electron chi connectivity index (χ0n) is 12.6. The molecule has 2 aromatic carbocycles. The van der Waals surface area contributed by atoms with Crippen molar-refractivity contribution >= 4 is 21.9 Å². The van der Waals surface area contributed by atoms with Gasteiger partial charge in [0.2, 0.25) is 5.95 Å². The van der Waals surface area contributed by atoms with Gasteiger partial charge in [-0.1, -0.05) is 63.0 Å². The summed E-state index contributed by atoms with van der Waals surface area (Å²) >= 11 is 3.49. The Bertz CT molecular complexity index is 810. The van der Waals surface area contributed by atoms with Gasteiger partial charge in [0.05, 0.1) is 12.1 Å². The number of benzene rings is 2. The largest absolute Gasteiger partial charge is 0.346 e. The van der Waals surface area contributed by atoms with E-state index in [1.807, 2.05) is 4.68 Å². The summed E-state index contributed by atoms with van der Waals surface area (Å²) < 4.78 is 2.94. The fraction of sp³-hybridized carbons (Fsp3) is 0.235. The standard InChI is InChI=1S/C17H16BrN5/c1-11-2-4-12(5-3-11)15-10-16(13-6-8-14(18)9-7-13)23-17(19-15)20-21-22-23/h2-9,15-16H,10H2,1H3,(H,19,20,22)/t15-,16+/m1/s1. The molecule has 0 spiro atoms. The molecule has 0 fully saturated rings. The van der Waals surface area contributed by atoms with Crippen molar-refractivity contribution in [1.29, 1.82) is 0 Å². The first kappa shape index (κ1) is 14.4. The summed E-state index contributed by atoms with van der Waals surface area (Å²) in [4.78, 5) is 0. The van der Waals surface area contributed by atoms with Gasteiger partial charge in [-0.05, 0) is 47.0 Å². The molecule has 0 unspecified atom stereocenters. The molecule has 6 heteroatoms. The summed E-state index contributed by atoms with van der Waals surface area (Å²) in [7, 11) is 0. The highest BCUT2D eigenvalue weighted by atomic mass is 79.9. The Kier molecular flexibility index (Phi) is 3.61. The average molecular weight is 370 g/mol. The van der Waals surface area contributed by atoms with Gasteiger partial charge in [0.15, 0.2) is 0 Å². The highest BCUT2D eigenvalue weighted by Gasteiger charge is 2.30. The van der Waals surface area contributed by atoms with Gasteiger partial charge < -0.3 is 5.32 Å². The van der Waals surface area contributed by atoms with Crippen LogP contribution in [0.3, 0.4) is 0 Å². The SMILES string of the molecule is Cc1ccc([C@H]2C[C@@H](c3ccc(Br)cc3)n3nnnc3N2)cc1. The molecule has 0 bridgehead atoms. The third-order valence-electron chi connectivity index (χ3n) is 4.28. The predicted molar refractivity (Wildman–Crippen MR) is 92.3 cm³/mol. The van der Waals surface area contributed by atoms with Gasteiger partial charge >= 0.3 is 0 Å². The lowest BCUT2D eigenvalue weighted by atomic mass is 9.93. The lowest BCUT2D eigenvalue weighted by Gasteiger charge is -2.31. The van der Waals surface area contributed by atoms with E-state index in [2.05, 4.69) is 92.2 Å². The highest BCUT2D eigenvalue weighted by molar-refractivity contribution is 9.10. The number of halogens is 1. The van der Waals surface area contributed by atoms with E-state index in [1.165, 1.54) is 16.7 Å². The quantitative estimate of drug-likeness (QED) is 0.744. The zero-order valence-corrected chi connectivity index (χ0v) is 14.2. The van der Waals surface area contributed by atoms with Crippen molar-refractivity contribution in [3.8, 4) is 0 Å². The molecule has 0 aliphatic carbocycles. The molecule has 1 aliphatic heterocycles. The number of nitrogens with zero attached hydrogens (tertiary/aromatic N) is 4. The van der Waals surface area contributed by atoms with E-state index < -0.39 is 0 Å². The first-order valence-electron chi connectivity index (χ1n) is 7.57. The number of tetrazole rings is 1. The Morgan fingerprint density at radius 3 is 2.48 bits per heavy atom. The summed E-state index contributed by atoms with van der Waals surface area (Å²) in [6.07, 6.45) is 0.905. The number of anilines is 1. The number of aromatic nitrogens is 4. The Morgan fingerprint density at radius 1 is 1.04 bits per heavy atom. The molecule has 116 valence electrons. The Labute approximate surface area is 142 Å². The molecule has 0 radical (unpaired) electrons. The Hall–Kier alpha value is -2.21. The molecule has 0 saturated carbocycles. The fourth-order valence-electron chi connectivity index (χ4n) is 3.02. The van der Waals surface area contributed by atoms with E-state index in [9.17, 15) is 0 Å². The van der Waals surface area contributed by atoms with E-state index in [-0.39, 0.29) is 12.1 Å². The first-order chi connectivity index (χ1) is 11.2. The normalized spacial score (nSPS) is 19.9. The molecule has 23 heavy (non-hydrogen) atoms. The molecule has 0 amide bonds. The second-order valence-corrected chi connectivity index (χ2v) is 6.77. The summed E-state index contributed by atoms with van der Waals surface area (Å²) in [6, 6.07) is 17.3. The van der Waals surface area contributed by atoms with E-state index in [0.29, 0.717) is 0 Å². The molecule has 4 rings (SSSR count). The number of nitrogens with one attached hydrogen (secondary N) is 1. The second kappa shape index (κ2) is 5.77. The number of aryl methyl sites for hydroxylation is 1. The Morgan fingerprint density at radius 2 is 1.74 bits per heavy atom. The van der Waals surface area contributed by atoms with Gasteiger partial charge in [-0.2, -0.15) is 0 Å². The van der Waals surface area contributed by atoms with Gasteiger partial charge in [0, 0.05) is 4.47 Å². The van der Waals surface area contributed by atoms with Crippen molar-refractivity contribution in [2.45, 2.75) is 25.4 Å². The van der Waals surface area contributed by atoms with Crippen molar-refractivity contribution in [2.75, 3.05) is 5.32 Å². The van der Waals surface area contributed by atoms with Crippen LogP contribution in [0.15, 0.2) is 53.0 Å². The summed E-state index contributed by atoms with van der Waals surface area (Å²) in [6.45, 7) is 2.10. The third-order valence-corrected chi connectivity index (χ3v) is 4.81. The van der Waals surface area contributed by atoms with Crippen LogP contribution < -0.4 is 5.32 Å². The van der Waals surface area contributed by atoms with Crippen LogP contribution in [-0.2, 0) is 0 Å². The maximum absolute atomic E-state index is 4.16. The maximum atomic E-state index is 4.16. The van der Waals surface area contributed by atoms with Crippen molar-refractivity contribution in [3.05, 3.63) is 69.7 Å². The summed E-state index contributed by atoms with van der Waals surface area (Å²) in [5, 5.41) is 15.6. The molecule has 1 aromatic heterocycles. The van der Waals surface area contributed by atoms with Gasteiger partial charge in [0.1, 0.15) is 0 Å². The van der Waals surface area contributed by atoms with Gasteiger partial charge in [-0.25, -0.2) is 4.68 Å². The minimum absolute atomic E-state index is 0.126. The van der Waals surface area contributed by atoms with Crippen LogP contribution in [0.25, 0.3) is 0 Å². The molecule has 2 atom stereocenters. The molecular weight excluding hydrogens is 354 g/mol. The monoisotopic (exact) mass is 369 g/mol. The van der Waals surface area contributed by atoms with Crippen LogP contribution in [0.4, 0.5) is 5.95 Å². The van der Waals surface area contributed by atoms with Crippen LogP contribution >= 0.6 is 15.9 Å². The van der Waals surface area contributed by atoms with Crippen molar-refractivity contribution in [3.63, 3.8) is 0 Å². The van der Waals surface area contributed by atoms with Crippen molar-refractivity contribution in [2.24, 2.45) is 0 Å². The van der Waals surface area contributed by atoms with Gasteiger partial charge in [-0.15, -0.1) is 0 Å². The van der Waals surface area contributed by atoms with Crippen molar-refractivity contribution < 1.29 is 0 Å². The van der Waals surface area contributed by atoms with Crippen LogP contribution in [-0.4, -0.2) is 20.2 Å². The van der Waals surface area contributed by atoms with E-state index in [1.54, 1.807) is 0 Å². The van der Waals surface area contributed by atoms with Crippen LogP contribution in [0.2, 0.25) is 0 Å². The first-order valence-corrected chi connectivity index (χ1v) is 8.36. The minimum atomic E-state index is 0.126. The smallest absolute Gasteiger partial charge is 0.243 e. The lowest BCUT2D eigenvalue weighted by Crippen LogP contribution is -2.28. The van der Waals surface area contributed by atoms with Crippen LogP contribution in [0.5, 0.6) is 0 Å². The highest BCUT2D eigenvalue weighted by Crippen LogP contribution is 2.37. The van der Waals surface area contributed by atoms with E-state index in [4.69, 9.17) is 0 Å². The number of hydrogen-bond donors (Lipinski definition) is 1. The third kappa shape index (κ3) is 2.74. The molecule has 1 N–H and O–H groups in total. The number of fused-ring (bicyclic) bond motifs is 1. The number of hydrogen-bond acceptors (Lipinski definition) is 4. The van der Waals surface area contributed by atoms with Crippen LogP contribution in [0.1, 0.15) is 35.2 Å². The second-order valence-electron chi connectivity index (χ2n) is 5.86. The van der Waals surface area contributed by atoms with Gasteiger partial charge in [-0.3, -0.25) is 0 Å². The minimum Gasteiger partial charge on any atom is -0.346 e. The van der Waals surface area contributed by atoms with E-state index in [0.717, 1.165) is 16.8 Å². The molecule has 0 saturated heterocycles. The fourth-order valence-corrected chi connectivity index (χ4v) is 3.28. The van der Waals surface area contributed by atoms with E-state index >= 15 is 0 Å². The molecular formula is C17H16BrN5. The Balaban J connectivity index is 1.71. The maximum Gasteiger partial charge on any atom is 0.243 e. The average Bonchev–Trinajstić information content (AvgIpc) is 3.04. The van der Waals surface area contributed by atoms with Crippen LogP contribution in [0, 0.1) is 6.92 Å². The molecule has 5 nitrogen and oxygen atoms in total. The molecule has 2 heterocycles. The summed E-state index contributed by atoms with van der Waals surface area (Å²) in [5.41, 5.74) is 3.73. The zero-order chi connectivity index (χ0) is 15.8. The number of rotatable bonds is 2. The summed E-state index contributed by atoms with van der Waals surface area (Å²) in [5.74, 6) is 0.717.